The molecule has 5 aliphatic rings. The molecule has 2 fully saturated rings. The highest BCUT2D eigenvalue weighted by Crippen LogP contribution is 2.67. The number of ether oxygens (including phenoxy) is 1. The minimum Gasteiger partial charge on any atom is -0.483 e. The molecule has 4 heteroatoms. The predicted molar refractivity (Wildman–Crippen MR) is 136 cm³/mol. The smallest absolute Gasteiger partial charge is 0.153 e. The first-order valence-corrected chi connectivity index (χ1v) is 13.2. The maximum Gasteiger partial charge on any atom is 0.153 e. The van der Waals surface area contributed by atoms with Crippen molar-refractivity contribution < 1.29 is 9.84 Å². The average molecular weight is 461 g/mol. The summed E-state index contributed by atoms with van der Waals surface area (Å²) < 4.78 is 6.82. The fourth-order valence-electron chi connectivity index (χ4n) is 8.25. The number of benzene rings is 3. The zero-order valence-corrected chi connectivity index (χ0v) is 19.7. The van der Waals surface area contributed by atoms with Gasteiger partial charge in [0.05, 0.1) is 22.2 Å². The van der Waals surface area contributed by atoms with Crippen LogP contribution in [0.2, 0.25) is 0 Å². The van der Waals surface area contributed by atoms with Gasteiger partial charge in [-0.2, -0.15) is 0 Å². The molecular formula is C31H28N2O2. The van der Waals surface area contributed by atoms with Crippen molar-refractivity contribution in [2.75, 3.05) is 13.1 Å². The van der Waals surface area contributed by atoms with E-state index in [2.05, 4.69) is 65.6 Å². The molecule has 1 N–H and O–H groups in total. The molecule has 9 rings (SSSR count). The summed E-state index contributed by atoms with van der Waals surface area (Å²) in [4.78, 5) is 7.98. The van der Waals surface area contributed by atoms with Crippen molar-refractivity contribution in [3.63, 3.8) is 0 Å². The van der Waals surface area contributed by atoms with Crippen molar-refractivity contribution in [1.82, 2.24) is 9.88 Å². The summed E-state index contributed by atoms with van der Waals surface area (Å²) in [6.07, 6.45) is 4.93. The van der Waals surface area contributed by atoms with Crippen molar-refractivity contribution in [2.24, 2.45) is 5.92 Å². The van der Waals surface area contributed by atoms with Gasteiger partial charge in [0.2, 0.25) is 0 Å². The second-order valence-corrected chi connectivity index (χ2v) is 11.7. The van der Waals surface area contributed by atoms with Gasteiger partial charge in [0.1, 0.15) is 5.75 Å². The van der Waals surface area contributed by atoms with Crippen LogP contribution in [0, 0.1) is 5.92 Å². The third-order valence-corrected chi connectivity index (χ3v) is 9.94. The second kappa shape index (κ2) is 6.24. The standard InChI is InChI=1S/C31H28N2O2/c34-31-16-22-14-21-11-10-19-4-1-2-6-23(19)27(21)32-28(22)29-30(31)12-13-33(17-18-8-9-18)25(31)15-20-5-3-7-24(35-29)26(20)30/h1-7,10-11,14,18,25,29,34H,8-9,12-13,15-17H2/t25-,29-,30-,31+/m0/s1. The lowest BCUT2D eigenvalue weighted by Crippen LogP contribution is -2.74. The molecule has 4 aromatic rings. The van der Waals surface area contributed by atoms with E-state index in [1.165, 1.54) is 34.7 Å². The summed E-state index contributed by atoms with van der Waals surface area (Å²) in [7, 11) is 0. The topological polar surface area (TPSA) is 45.6 Å². The number of likely N-dealkylation sites (tertiary alicyclic amines) is 1. The summed E-state index contributed by atoms with van der Waals surface area (Å²) in [5.74, 6) is 1.78. The van der Waals surface area contributed by atoms with Gasteiger partial charge in [-0.05, 0) is 66.8 Å². The molecule has 0 radical (unpaired) electrons. The molecule has 35 heavy (non-hydrogen) atoms. The third-order valence-electron chi connectivity index (χ3n) is 9.94. The van der Waals surface area contributed by atoms with Crippen LogP contribution >= 0.6 is 0 Å². The van der Waals surface area contributed by atoms with E-state index >= 15 is 0 Å². The Balaban J connectivity index is 1.32. The zero-order chi connectivity index (χ0) is 22.9. The van der Waals surface area contributed by atoms with E-state index in [0.29, 0.717) is 6.42 Å². The number of fused-ring (bicyclic) bond motifs is 5. The van der Waals surface area contributed by atoms with Crippen molar-refractivity contribution in [3.8, 4) is 5.75 Å². The summed E-state index contributed by atoms with van der Waals surface area (Å²) in [5.41, 5.74) is 4.63. The van der Waals surface area contributed by atoms with Gasteiger partial charge >= 0.3 is 0 Å². The van der Waals surface area contributed by atoms with Gasteiger partial charge in [-0.25, -0.2) is 4.98 Å². The van der Waals surface area contributed by atoms with Crippen molar-refractivity contribution in [3.05, 3.63) is 83.0 Å². The number of pyridine rings is 1. The van der Waals surface area contributed by atoms with E-state index in [0.717, 1.165) is 59.8 Å². The molecule has 2 aliphatic heterocycles. The van der Waals surface area contributed by atoms with Crippen LogP contribution in [0.15, 0.2) is 60.7 Å². The van der Waals surface area contributed by atoms with Crippen LogP contribution in [0.5, 0.6) is 5.75 Å². The number of hydrogen-bond donors (Lipinski definition) is 1. The Morgan fingerprint density at radius 3 is 2.80 bits per heavy atom. The zero-order valence-electron chi connectivity index (χ0n) is 19.7. The Hall–Kier alpha value is -2.95. The molecular weight excluding hydrogens is 432 g/mol. The summed E-state index contributed by atoms with van der Waals surface area (Å²) in [5, 5.41) is 16.4. The van der Waals surface area contributed by atoms with Crippen molar-refractivity contribution in [2.45, 2.75) is 55.3 Å². The number of nitrogens with zero attached hydrogens (tertiary/aromatic N) is 2. The Morgan fingerprint density at radius 2 is 1.89 bits per heavy atom. The minimum atomic E-state index is -0.844. The van der Waals surface area contributed by atoms with Crippen molar-refractivity contribution in [1.29, 1.82) is 0 Å². The Bertz CT molecular complexity index is 1580. The highest BCUT2D eigenvalue weighted by atomic mass is 16.5. The SMILES string of the molecule is O[C@@]12Cc3cc4ccc5ccccc5c4nc3[C@@H]3Oc4cccc5c4[C@@]31CCN(CC1CC1)[C@H]2C5. The van der Waals surface area contributed by atoms with Gasteiger partial charge in [-0.15, -0.1) is 0 Å². The van der Waals surface area contributed by atoms with Gasteiger partial charge in [-0.3, -0.25) is 4.90 Å². The maximum atomic E-state index is 12.9. The molecule has 0 amide bonds. The second-order valence-electron chi connectivity index (χ2n) is 11.7. The van der Waals surface area contributed by atoms with Crippen LogP contribution in [-0.4, -0.2) is 39.7 Å². The lowest BCUT2D eigenvalue weighted by molar-refractivity contribution is -0.173. The largest absolute Gasteiger partial charge is 0.483 e. The maximum absolute atomic E-state index is 12.9. The Kier molecular flexibility index (Phi) is 3.43. The van der Waals surface area contributed by atoms with Gasteiger partial charge in [0, 0.05) is 35.3 Å². The molecule has 4 atom stereocenters. The van der Waals surface area contributed by atoms with Crippen LogP contribution in [-0.2, 0) is 18.3 Å². The fourth-order valence-corrected chi connectivity index (χ4v) is 8.25. The summed E-state index contributed by atoms with van der Waals surface area (Å²) in [6.45, 7) is 2.15. The summed E-state index contributed by atoms with van der Waals surface area (Å²) >= 11 is 0. The van der Waals surface area contributed by atoms with Gasteiger partial charge in [0.15, 0.2) is 6.10 Å². The Labute approximate surface area is 204 Å². The molecule has 2 bridgehead atoms. The number of aromatic nitrogens is 1. The highest BCUT2D eigenvalue weighted by Gasteiger charge is 2.72. The Morgan fingerprint density at radius 1 is 1.00 bits per heavy atom. The first-order valence-electron chi connectivity index (χ1n) is 13.2. The van der Waals surface area contributed by atoms with Crippen LogP contribution in [0.3, 0.4) is 0 Å². The monoisotopic (exact) mass is 460 g/mol. The molecule has 3 aromatic carbocycles. The van der Waals surface area contributed by atoms with E-state index in [-0.39, 0.29) is 12.1 Å². The molecule has 174 valence electrons. The average Bonchev–Trinajstić information content (AvgIpc) is 3.62. The number of piperidine rings is 1. The minimum absolute atomic E-state index is 0.129. The highest BCUT2D eigenvalue weighted by molar-refractivity contribution is 6.05. The molecule has 4 nitrogen and oxygen atoms in total. The van der Waals surface area contributed by atoms with E-state index in [1.807, 2.05) is 0 Å². The van der Waals surface area contributed by atoms with Gasteiger partial charge in [0.25, 0.3) is 0 Å². The van der Waals surface area contributed by atoms with E-state index in [4.69, 9.17) is 9.72 Å². The number of rotatable bonds is 2. The van der Waals surface area contributed by atoms with Crippen LogP contribution in [0.1, 0.15) is 47.8 Å². The van der Waals surface area contributed by atoms with Crippen LogP contribution in [0.25, 0.3) is 21.7 Å². The lowest BCUT2D eigenvalue weighted by atomic mass is 9.49. The molecule has 1 spiro atoms. The first kappa shape index (κ1) is 19.3. The first-order chi connectivity index (χ1) is 17.2. The van der Waals surface area contributed by atoms with Crippen LogP contribution in [0.4, 0.5) is 0 Å². The predicted octanol–water partition coefficient (Wildman–Crippen LogP) is 5.09. The van der Waals surface area contributed by atoms with E-state index in [9.17, 15) is 5.11 Å². The molecule has 3 aliphatic carbocycles. The molecule has 1 aromatic heterocycles. The lowest BCUT2D eigenvalue weighted by Gasteiger charge is -2.63. The molecule has 3 heterocycles. The van der Waals surface area contributed by atoms with Crippen LogP contribution < -0.4 is 4.74 Å². The molecule has 0 unspecified atom stereocenters. The molecule has 1 saturated carbocycles. The number of aliphatic hydroxyl groups is 1. The van der Waals surface area contributed by atoms with Gasteiger partial charge in [-0.1, -0.05) is 48.5 Å². The fraction of sp³-hybridized carbons (Fsp3) is 0.387. The molecule has 1 saturated heterocycles. The number of hydrogen-bond acceptors (Lipinski definition) is 4. The van der Waals surface area contributed by atoms with E-state index < -0.39 is 11.0 Å². The van der Waals surface area contributed by atoms with E-state index in [1.54, 1.807) is 0 Å². The van der Waals surface area contributed by atoms with Gasteiger partial charge < -0.3 is 9.84 Å². The third kappa shape index (κ3) is 2.24. The quantitative estimate of drug-likeness (QED) is 0.424. The van der Waals surface area contributed by atoms with Crippen molar-refractivity contribution >= 4 is 21.7 Å². The normalized spacial score (nSPS) is 32.4. The summed E-state index contributed by atoms with van der Waals surface area (Å²) in [6, 6.07) is 21.8.